The molecule has 30 heavy (non-hydrogen) atoms. The Morgan fingerprint density at radius 3 is 2.43 bits per heavy atom. The number of benzene rings is 2. The number of carbonyl (C=O) groups excluding carboxylic acids is 2. The third-order valence-electron chi connectivity index (χ3n) is 4.34. The molecule has 6 heteroatoms. The molecule has 0 N–H and O–H groups in total. The Bertz CT molecular complexity index is 1080. The number of methoxy groups -OCH3 is 1. The average molecular weight is 410 g/mol. The minimum atomic E-state index is -0.632. The minimum absolute atomic E-state index is 0.0656. The molecular formula is C24H23FO5. The van der Waals surface area contributed by atoms with Gasteiger partial charge >= 0.3 is 11.9 Å². The Morgan fingerprint density at radius 1 is 1.03 bits per heavy atom. The SMILES string of the molecule is COC(=O)c1cc(Cc2ccc(-c3ccccc3C(=O)OC(C)(C)C)cc2F)co1. The van der Waals surface area contributed by atoms with E-state index in [0.717, 1.165) is 0 Å². The predicted octanol–water partition coefficient (Wildman–Crippen LogP) is 5.42. The Morgan fingerprint density at radius 2 is 1.77 bits per heavy atom. The number of furan rings is 1. The van der Waals surface area contributed by atoms with E-state index in [1.54, 1.807) is 57.2 Å². The van der Waals surface area contributed by atoms with Gasteiger partial charge in [-0.05, 0) is 61.2 Å². The van der Waals surface area contributed by atoms with Gasteiger partial charge in [-0.3, -0.25) is 0 Å². The van der Waals surface area contributed by atoms with Crippen molar-refractivity contribution in [3.63, 3.8) is 0 Å². The molecule has 0 amide bonds. The van der Waals surface area contributed by atoms with Crippen molar-refractivity contribution in [2.75, 3.05) is 7.11 Å². The van der Waals surface area contributed by atoms with Crippen LogP contribution in [0.1, 0.15) is 52.8 Å². The fraction of sp³-hybridized carbons (Fsp3) is 0.250. The van der Waals surface area contributed by atoms with E-state index < -0.39 is 23.4 Å². The molecule has 0 aliphatic heterocycles. The summed E-state index contributed by atoms with van der Waals surface area (Å²) in [5.74, 6) is -1.41. The van der Waals surface area contributed by atoms with Crippen LogP contribution in [0.3, 0.4) is 0 Å². The van der Waals surface area contributed by atoms with Crippen molar-refractivity contribution in [1.82, 2.24) is 0 Å². The second-order valence-electron chi connectivity index (χ2n) is 7.84. The van der Waals surface area contributed by atoms with Crippen LogP contribution in [-0.2, 0) is 15.9 Å². The van der Waals surface area contributed by atoms with E-state index >= 15 is 0 Å². The highest BCUT2D eigenvalue weighted by atomic mass is 19.1. The molecule has 0 spiro atoms. The monoisotopic (exact) mass is 410 g/mol. The molecule has 0 saturated heterocycles. The fourth-order valence-electron chi connectivity index (χ4n) is 3.00. The van der Waals surface area contributed by atoms with Gasteiger partial charge in [0.15, 0.2) is 0 Å². The maximum Gasteiger partial charge on any atom is 0.373 e. The van der Waals surface area contributed by atoms with E-state index in [0.29, 0.717) is 27.8 Å². The number of rotatable bonds is 5. The average Bonchev–Trinajstić information content (AvgIpc) is 3.16. The zero-order valence-electron chi connectivity index (χ0n) is 17.3. The van der Waals surface area contributed by atoms with Crippen LogP contribution in [0.15, 0.2) is 59.2 Å². The van der Waals surface area contributed by atoms with Crippen LogP contribution >= 0.6 is 0 Å². The molecule has 156 valence electrons. The molecule has 5 nitrogen and oxygen atoms in total. The van der Waals surface area contributed by atoms with Gasteiger partial charge in [0.1, 0.15) is 11.4 Å². The molecule has 0 atom stereocenters. The molecule has 0 unspecified atom stereocenters. The van der Waals surface area contributed by atoms with Crippen molar-refractivity contribution in [3.8, 4) is 11.1 Å². The summed E-state index contributed by atoms with van der Waals surface area (Å²) < 4.78 is 30.0. The first-order valence-electron chi connectivity index (χ1n) is 9.45. The second kappa shape index (κ2) is 8.53. The zero-order chi connectivity index (χ0) is 21.9. The third kappa shape index (κ3) is 4.95. The van der Waals surface area contributed by atoms with Gasteiger partial charge in [0.2, 0.25) is 5.76 Å². The van der Waals surface area contributed by atoms with E-state index in [1.165, 1.54) is 25.5 Å². The Labute approximate surface area is 174 Å². The number of hydrogen-bond donors (Lipinski definition) is 0. The van der Waals surface area contributed by atoms with Crippen molar-refractivity contribution in [2.45, 2.75) is 32.8 Å². The lowest BCUT2D eigenvalue weighted by Crippen LogP contribution is -2.24. The largest absolute Gasteiger partial charge is 0.463 e. The van der Waals surface area contributed by atoms with Gasteiger partial charge in [0, 0.05) is 6.42 Å². The molecule has 0 radical (unpaired) electrons. The number of ether oxygens (including phenoxy) is 2. The van der Waals surface area contributed by atoms with Crippen LogP contribution in [0.4, 0.5) is 4.39 Å². The quantitative estimate of drug-likeness (QED) is 0.526. The topological polar surface area (TPSA) is 65.7 Å². The van der Waals surface area contributed by atoms with Gasteiger partial charge in [0.05, 0.1) is 18.9 Å². The predicted molar refractivity (Wildman–Crippen MR) is 110 cm³/mol. The zero-order valence-corrected chi connectivity index (χ0v) is 17.3. The molecule has 3 aromatic rings. The summed E-state index contributed by atoms with van der Waals surface area (Å²) in [6, 6.07) is 13.3. The Kier molecular flexibility index (Phi) is 6.06. The van der Waals surface area contributed by atoms with Crippen LogP contribution in [0, 0.1) is 5.82 Å². The van der Waals surface area contributed by atoms with Crippen molar-refractivity contribution < 1.29 is 27.9 Å². The number of carbonyl (C=O) groups is 2. The van der Waals surface area contributed by atoms with Crippen molar-refractivity contribution in [2.24, 2.45) is 0 Å². The van der Waals surface area contributed by atoms with Crippen LogP contribution in [-0.4, -0.2) is 24.6 Å². The summed E-state index contributed by atoms with van der Waals surface area (Å²) in [4.78, 5) is 24.1. The lowest BCUT2D eigenvalue weighted by Gasteiger charge is -2.20. The molecule has 0 aliphatic carbocycles. The first-order valence-corrected chi connectivity index (χ1v) is 9.45. The lowest BCUT2D eigenvalue weighted by molar-refractivity contribution is 0.00702. The first kappa shape index (κ1) is 21.3. The molecule has 0 saturated carbocycles. The molecular weight excluding hydrogens is 387 g/mol. The summed E-state index contributed by atoms with van der Waals surface area (Å²) in [5, 5.41) is 0. The first-order chi connectivity index (χ1) is 14.2. The molecule has 2 aromatic carbocycles. The van der Waals surface area contributed by atoms with Gasteiger partial charge in [-0.25, -0.2) is 14.0 Å². The standard InChI is InChI=1S/C24H23FO5/c1-24(2,3)30-22(26)19-8-6-5-7-18(19)16-9-10-17(20(25)13-16)11-15-12-21(29-14-15)23(27)28-4/h5-10,12-14H,11H2,1-4H3. The Hall–Kier alpha value is -3.41. The van der Waals surface area contributed by atoms with Gasteiger partial charge in [0.25, 0.3) is 0 Å². The van der Waals surface area contributed by atoms with Gasteiger partial charge in [-0.15, -0.1) is 0 Å². The number of esters is 2. The van der Waals surface area contributed by atoms with E-state index in [1.807, 2.05) is 0 Å². The highest BCUT2D eigenvalue weighted by Gasteiger charge is 2.21. The summed E-state index contributed by atoms with van der Waals surface area (Å²) in [7, 11) is 1.26. The highest BCUT2D eigenvalue weighted by molar-refractivity contribution is 5.97. The van der Waals surface area contributed by atoms with Crippen LogP contribution in [0.2, 0.25) is 0 Å². The fourth-order valence-corrected chi connectivity index (χ4v) is 3.00. The van der Waals surface area contributed by atoms with E-state index in [2.05, 4.69) is 4.74 Å². The molecule has 1 aromatic heterocycles. The molecule has 1 heterocycles. The summed E-state index contributed by atoms with van der Waals surface area (Å²) >= 11 is 0. The van der Waals surface area contributed by atoms with Crippen molar-refractivity contribution >= 4 is 11.9 Å². The maximum absolute atomic E-state index is 14.8. The molecule has 0 fully saturated rings. The number of hydrogen-bond acceptors (Lipinski definition) is 5. The van der Waals surface area contributed by atoms with Gasteiger partial charge in [-0.2, -0.15) is 0 Å². The smallest absolute Gasteiger partial charge is 0.373 e. The van der Waals surface area contributed by atoms with Gasteiger partial charge < -0.3 is 13.9 Å². The summed E-state index contributed by atoms with van der Waals surface area (Å²) in [6.45, 7) is 5.39. The Balaban J connectivity index is 1.86. The lowest BCUT2D eigenvalue weighted by atomic mass is 9.97. The molecule has 0 bridgehead atoms. The van der Waals surface area contributed by atoms with E-state index in [4.69, 9.17) is 9.15 Å². The van der Waals surface area contributed by atoms with E-state index in [9.17, 15) is 14.0 Å². The van der Waals surface area contributed by atoms with E-state index in [-0.39, 0.29) is 12.2 Å². The highest BCUT2D eigenvalue weighted by Crippen LogP contribution is 2.28. The number of halogens is 1. The van der Waals surface area contributed by atoms with Crippen molar-refractivity contribution in [1.29, 1.82) is 0 Å². The van der Waals surface area contributed by atoms with Crippen LogP contribution in [0.25, 0.3) is 11.1 Å². The molecule has 0 aliphatic rings. The van der Waals surface area contributed by atoms with Crippen LogP contribution < -0.4 is 0 Å². The minimum Gasteiger partial charge on any atom is -0.463 e. The normalized spacial score (nSPS) is 11.2. The third-order valence-corrected chi connectivity index (χ3v) is 4.34. The summed E-state index contributed by atoms with van der Waals surface area (Å²) in [6.07, 6.45) is 1.65. The second-order valence-corrected chi connectivity index (χ2v) is 7.84. The molecule has 3 rings (SSSR count). The maximum atomic E-state index is 14.8. The van der Waals surface area contributed by atoms with Crippen molar-refractivity contribution in [3.05, 3.63) is 83.1 Å². The summed E-state index contributed by atoms with van der Waals surface area (Å²) in [5.41, 5.74) is 1.99. The van der Waals surface area contributed by atoms with Gasteiger partial charge in [-0.1, -0.05) is 30.3 Å². The van der Waals surface area contributed by atoms with Crippen LogP contribution in [0.5, 0.6) is 0 Å².